The van der Waals surface area contributed by atoms with Crippen molar-refractivity contribution in [1.82, 2.24) is 5.16 Å². The van der Waals surface area contributed by atoms with Gasteiger partial charge in [-0.3, -0.25) is 0 Å². The second-order valence-electron chi connectivity index (χ2n) is 8.69. The summed E-state index contributed by atoms with van der Waals surface area (Å²) in [5.41, 5.74) is 10.2. The van der Waals surface area contributed by atoms with Crippen LogP contribution in [0, 0.1) is 0 Å². The van der Waals surface area contributed by atoms with Gasteiger partial charge in [0.2, 0.25) is 5.90 Å². The van der Waals surface area contributed by atoms with E-state index in [0.29, 0.717) is 99.0 Å². The predicted octanol–water partition coefficient (Wildman–Crippen LogP) is 5.60. The van der Waals surface area contributed by atoms with Crippen LogP contribution in [0.4, 0.5) is 0 Å². The summed E-state index contributed by atoms with van der Waals surface area (Å²) in [4.78, 5) is 7.18. The number of methoxy groups -OCH3 is 1. The molecule has 1 unspecified atom stereocenters. The zero-order valence-electron chi connectivity index (χ0n) is 22.6. The molecule has 220 valence electrons. The van der Waals surface area contributed by atoms with E-state index in [2.05, 4.69) is 20.2 Å². The van der Waals surface area contributed by atoms with Gasteiger partial charge >= 0.3 is 0 Å². The summed E-state index contributed by atoms with van der Waals surface area (Å²) in [5, 5.41) is 8.68. The molecule has 1 atom stereocenters. The van der Waals surface area contributed by atoms with Gasteiger partial charge in [0.25, 0.3) is 0 Å². The fourth-order valence-corrected chi connectivity index (χ4v) is 4.30. The fraction of sp³-hybridized carbons (Fsp3) is 0.615. The molecule has 0 saturated carbocycles. The van der Waals surface area contributed by atoms with Crippen molar-refractivity contribution in [2.75, 3.05) is 73.1 Å². The lowest BCUT2D eigenvalue weighted by Gasteiger charge is -2.12. The highest BCUT2D eigenvalue weighted by molar-refractivity contribution is 6.37. The number of rotatable bonds is 21. The Bertz CT molecular complexity index is 1090. The van der Waals surface area contributed by atoms with Crippen molar-refractivity contribution in [3.8, 4) is 5.75 Å². The SMILES string of the molecule is COCCOCCOCCOCC(N=[N+]=[N-])c1cc(CCCCCOc2c(Cl)cc(C3=NCCO3)cc2Cl)on1. The number of benzene rings is 1. The number of aryl methyl sites for hydroxylation is 1. The molecule has 0 N–H and O–H groups in total. The molecule has 12 nitrogen and oxygen atoms in total. The van der Waals surface area contributed by atoms with Crippen LogP contribution < -0.4 is 4.74 Å². The number of halogens is 2. The second kappa shape index (κ2) is 18.7. The molecule has 1 aliphatic rings. The lowest BCUT2D eigenvalue weighted by Crippen LogP contribution is -2.13. The van der Waals surface area contributed by atoms with E-state index in [1.807, 2.05) is 0 Å². The monoisotopic (exact) mass is 599 g/mol. The number of ether oxygens (including phenoxy) is 6. The van der Waals surface area contributed by atoms with E-state index < -0.39 is 6.04 Å². The third kappa shape index (κ3) is 11.1. The Kier molecular flexibility index (Phi) is 15.0. The summed E-state index contributed by atoms with van der Waals surface area (Å²) in [5.74, 6) is 1.71. The molecule has 0 saturated heterocycles. The number of hydrogen-bond donors (Lipinski definition) is 0. The number of unbranched alkanes of at least 4 members (excludes halogenated alkanes) is 2. The van der Waals surface area contributed by atoms with Crippen molar-refractivity contribution in [1.29, 1.82) is 0 Å². The predicted molar refractivity (Wildman–Crippen MR) is 150 cm³/mol. The minimum Gasteiger partial charge on any atom is -0.490 e. The minimum absolute atomic E-state index is 0.175. The van der Waals surface area contributed by atoms with E-state index in [-0.39, 0.29) is 6.61 Å². The van der Waals surface area contributed by atoms with Crippen LogP contribution >= 0.6 is 23.2 Å². The highest BCUT2D eigenvalue weighted by Crippen LogP contribution is 2.35. The number of nitrogens with zero attached hydrogens (tertiary/aromatic N) is 5. The Labute approximate surface area is 243 Å². The first-order valence-corrected chi connectivity index (χ1v) is 13.9. The van der Waals surface area contributed by atoms with Crippen LogP contribution in [0.15, 0.2) is 32.8 Å². The van der Waals surface area contributed by atoms with E-state index in [4.69, 9.17) is 61.7 Å². The van der Waals surface area contributed by atoms with Gasteiger partial charge in [-0.25, -0.2) is 4.99 Å². The summed E-state index contributed by atoms with van der Waals surface area (Å²) in [6.45, 7) is 4.63. The minimum atomic E-state index is -0.582. The van der Waals surface area contributed by atoms with Crippen molar-refractivity contribution in [3.63, 3.8) is 0 Å². The van der Waals surface area contributed by atoms with E-state index in [1.165, 1.54) is 0 Å². The van der Waals surface area contributed by atoms with Crippen molar-refractivity contribution in [2.24, 2.45) is 10.1 Å². The van der Waals surface area contributed by atoms with Gasteiger partial charge in [0.15, 0.2) is 5.75 Å². The lowest BCUT2D eigenvalue weighted by atomic mass is 10.1. The van der Waals surface area contributed by atoms with E-state index >= 15 is 0 Å². The Morgan fingerprint density at radius 2 is 1.70 bits per heavy atom. The Hall–Kier alpha value is -2.57. The van der Waals surface area contributed by atoms with E-state index in [1.54, 1.807) is 25.3 Å². The summed E-state index contributed by atoms with van der Waals surface area (Å²) >= 11 is 12.7. The molecule has 0 aliphatic carbocycles. The molecule has 0 fully saturated rings. The van der Waals surface area contributed by atoms with Gasteiger partial charge < -0.3 is 32.9 Å². The van der Waals surface area contributed by atoms with Gasteiger partial charge in [0, 0.05) is 30.1 Å². The number of azide groups is 1. The van der Waals surface area contributed by atoms with Crippen LogP contribution in [0.1, 0.15) is 42.3 Å². The molecule has 0 bridgehead atoms. The smallest absolute Gasteiger partial charge is 0.216 e. The normalized spacial score (nSPS) is 13.5. The van der Waals surface area contributed by atoms with Crippen molar-refractivity contribution >= 4 is 29.1 Å². The van der Waals surface area contributed by atoms with Crippen LogP contribution in [0.5, 0.6) is 5.75 Å². The molecular formula is C26H35Cl2N5O7. The number of aromatic nitrogens is 1. The largest absolute Gasteiger partial charge is 0.490 e. The zero-order valence-corrected chi connectivity index (χ0v) is 24.1. The van der Waals surface area contributed by atoms with E-state index in [9.17, 15) is 0 Å². The van der Waals surface area contributed by atoms with Crippen LogP contribution in [-0.2, 0) is 30.1 Å². The van der Waals surface area contributed by atoms with Gasteiger partial charge in [-0.1, -0.05) is 33.5 Å². The number of hydrogen-bond acceptors (Lipinski definition) is 10. The average Bonchev–Trinajstić information content (AvgIpc) is 3.65. The van der Waals surface area contributed by atoms with Gasteiger partial charge in [-0.15, -0.1) is 0 Å². The molecule has 3 rings (SSSR count). The van der Waals surface area contributed by atoms with Crippen LogP contribution in [-0.4, -0.2) is 84.2 Å². The summed E-state index contributed by atoms with van der Waals surface area (Å²) < 4.78 is 38.0. The summed E-state index contributed by atoms with van der Waals surface area (Å²) in [6.07, 6.45) is 3.26. The van der Waals surface area contributed by atoms with Gasteiger partial charge in [0.05, 0.1) is 75.1 Å². The van der Waals surface area contributed by atoms with Crippen molar-refractivity contribution < 1.29 is 32.9 Å². The summed E-state index contributed by atoms with van der Waals surface area (Å²) in [7, 11) is 1.62. The zero-order chi connectivity index (χ0) is 28.4. The fourth-order valence-electron chi connectivity index (χ4n) is 3.70. The topological polar surface area (TPSA) is 143 Å². The molecule has 0 spiro atoms. The second-order valence-corrected chi connectivity index (χ2v) is 9.51. The Balaban J connectivity index is 1.30. The van der Waals surface area contributed by atoms with Crippen LogP contribution in [0.25, 0.3) is 10.4 Å². The summed E-state index contributed by atoms with van der Waals surface area (Å²) in [6, 6.07) is 4.71. The maximum Gasteiger partial charge on any atom is 0.216 e. The first-order chi connectivity index (χ1) is 19.6. The van der Waals surface area contributed by atoms with Gasteiger partial charge in [0.1, 0.15) is 18.4 Å². The maximum absolute atomic E-state index is 8.93. The third-order valence-electron chi connectivity index (χ3n) is 5.71. The van der Waals surface area contributed by atoms with Gasteiger partial charge in [-0.2, -0.15) is 0 Å². The molecule has 0 radical (unpaired) electrons. The third-order valence-corrected chi connectivity index (χ3v) is 6.27. The van der Waals surface area contributed by atoms with Crippen LogP contribution in [0.2, 0.25) is 10.0 Å². The number of aliphatic imine (C=N–C) groups is 1. The van der Waals surface area contributed by atoms with Crippen molar-refractivity contribution in [3.05, 3.63) is 55.7 Å². The molecule has 1 aromatic carbocycles. The lowest BCUT2D eigenvalue weighted by molar-refractivity contribution is 0.00178. The molecule has 2 heterocycles. The molecule has 14 heteroatoms. The Morgan fingerprint density at radius 3 is 2.38 bits per heavy atom. The molecule has 1 aromatic heterocycles. The Morgan fingerprint density at radius 1 is 0.975 bits per heavy atom. The first kappa shape index (κ1) is 32.0. The first-order valence-electron chi connectivity index (χ1n) is 13.1. The average molecular weight is 601 g/mol. The van der Waals surface area contributed by atoms with Gasteiger partial charge in [-0.05, 0) is 36.9 Å². The molecule has 40 heavy (non-hydrogen) atoms. The maximum atomic E-state index is 8.93. The standard InChI is InChI=1S/C26H35Cl2N5O7/c1-34-9-10-35-11-12-36-13-14-37-18-24(31-33-29)23-17-20(40-32-23)5-3-2-4-7-38-25-21(27)15-19(16-22(25)28)26-30-6-8-39-26/h15-17,24H,2-14,18H2,1H3. The molecular weight excluding hydrogens is 565 g/mol. The van der Waals surface area contributed by atoms with Crippen LogP contribution in [0.3, 0.4) is 0 Å². The molecule has 1 aliphatic heterocycles. The van der Waals surface area contributed by atoms with Crippen molar-refractivity contribution in [2.45, 2.75) is 31.7 Å². The molecule has 0 amide bonds. The van der Waals surface area contributed by atoms with E-state index in [0.717, 1.165) is 24.8 Å². The highest BCUT2D eigenvalue weighted by atomic mass is 35.5. The highest BCUT2D eigenvalue weighted by Gasteiger charge is 2.17. The molecule has 2 aromatic rings. The quantitative estimate of drug-likeness (QED) is 0.0780.